The zero-order valence-electron chi connectivity index (χ0n) is 27.7. The molecule has 0 radical (unpaired) electrons. The molecule has 0 aliphatic rings. The number of furan rings is 1. The van der Waals surface area contributed by atoms with Crippen molar-refractivity contribution in [3.05, 3.63) is 169 Å². The van der Waals surface area contributed by atoms with Gasteiger partial charge in [0.25, 0.3) is 0 Å². The number of hydrogen-bond donors (Lipinski definition) is 0. The first kappa shape index (κ1) is 29.5. The van der Waals surface area contributed by atoms with E-state index in [0.717, 1.165) is 44.3 Å². The van der Waals surface area contributed by atoms with Gasteiger partial charge in [-0.15, -0.1) is 0 Å². The van der Waals surface area contributed by atoms with Crippen LogP contribution in [0, 0.1) is 11.3 Å². The van der Waals surface area contributed by atoms with Crippen molar-refractivity contribution >= 4 is 43.7 Å². The van der Waals surface area contributed by atoms with Crippen LogP contribution in [0.15, 0.2) is 168 Å². The topological polar surface area (TPSA) is 80.5 Å². The van der Waals surface area contributed by atoms with Gasteiger partial charge >= 0.3 is 0 Å². The average molecular weight is 666 g/mol. The van der Waals surface area contributed by atoms with E-state index in [-0.39, 0.29) is 0 Å². The molecule has 3 heterocycles. The SMILES string of the molecule is N#Cc1cccc2c1oc1cc(-c3nc(-c4ccccc4)nc(-c4ccc(-c5cccc(-n6c7ccccc7c7ccccc76)c5)cc4)n3)ccc12. The van der Waals surface area contributed by atoms with Gasteiger partial charge in [-0.05, 0) is 53.6 Å². The highest BCUT2D eigenvalue weighted by Crippen LogP contribution is 2.36. The largest absolute Gasteiger partial charge is 0.455 e. The molecule has 242 valence electrons. The number of nitrogens with zero attached hydrogens (tertiary/aromatic N) is 5. The Balaban J connectivity index is 1.05. The maximum absolute atomic E-state index is 9.64. The fourth-order valence-corrected chi connectivity index (χ4v) is 7.21. The molecular weight excluding hydrogens is 639 g/mol. The van der Waals surface area contributed by atoms with Crippen molar-refractivity contribution in [3.63, 3.8) is 0 Å². The van der Waals surface area contributed by atoms with E-state index < -0.39 is 0 Å². The zero-order chi connectivity index (χ0) is 34.6. The molecular formula is C46H27N5O. The van der Waals surface area contributed by atoms with Gasteiger partial charge in [-0.1, -0.05) is 121 Å². The lowest BCUT2D eigenvalue weighted by molar-refractivity contribution is 0.667. The Morgan fingerprint density at radius 3 is 1.71 bits per heavy atom. The predicted molar refractivity (Wildman–Crippen MR) is 208 cm³/mol. The van der Waals surface area contributed by atoms with Crippen molar-refractivity contribution < 1.29 is 4.42 Å². The molecule has 10 aromatic rings. The van der Waals surface area contributed by atoms with Crippen LogP contribution in [0.5, 0.6) is 0 Å². The summed E-state index contributed by atoms with van der Waals surface area (Å²) in [5.74, 6) is 1.69. The molecule has 0 aliphatic carbocycles. The van der Waals surface area contributed by atoms with Crippen molar-refractivity contribution in [3.8, 4) is 57.0 Å². The number of para-hydroxylation sites is 3. The van der Waals surface area contributed by atoms with Crippen molar-refractivity contribution in [1.29, 1.82) is 5.26 Å². The maximum atomic E-state index is 9.64. The number of rotatable bonds is 5. The van der Waals surface area contributed by atoms with E-state index in [0.29, 0.717) is 34.2 Å². The third-order valence-corrected chi connectivity index (χ3v) is 9.71. The molecule has 7 aromatic carbocycles. The highest BCUT2D eigenvalue weighted by Gasteiger charge is 2.17. The Kier molecular flexibility index (Phi) is 6.76. The van der Waals surface area contributed by atoms with Gasteiger partial charge in [0.05, 0.1) is 16.6 Å². The second-order valence-corrected chi connectivity index (χ2v) is 12.8. The van der Waals surface area contributed by atoms with Crippen LogP contribution >= 0.6 is 0 Å². The minimum Gasteiger partial charge on any atom is -0.455 e. The van der Waals surface area contributed by atoms with Crippen LogP contribution in [0.3, 0.4) is 0 Å². The first-order valence-electron chi connectivity index (χ1n) is 17.1. The summed E-state index contributed by atoms with van der Waals surface area (Å²) in [7, 11) is 0. The summed E-state index contributed by atoms with van der Waals surface area (Å²) in [5.41, 5.74) is 10.0. The highest BCUT2D eigenvalue weighted by atomic mass is 16.3. The van der Waals surface area contributed by atoms with Gasteiger partial charge in [-0.25, -0.2) is 15.0 Å². The molecule has 0 N–H and O–H groups in total. The Morgan fingerprint density at radius 1 is 0.442 bits per heavy atom. The highest BCUT2D eigenvalue weighted by molar-refractivity contribution is 6.09. The van der Waals surface area contributed by atoms with Crippen LogP contribution in [0.4, 0.5) is 0 Å². The van der Waals surface area contributed by atoms with E-state index in [1.807, 2.05) is 60.7 Å². The lowest BCUT2D eigenvalue weighted by atomic mass is 10.0. The standard InChI is InChI=1S/C46H27N5O/c47-28-34-13-9-17-39-38-25-24-33(27-42(38)52-43(34)39)46-49-44(30-10-2-1-3-11-30)48-45(50-46)31-22-20-29(21-23-31)32-12-8-14-35(26-32)51-40-18-6-4-15-36(40)37-16-5-7-19-41(37)51/h1-27H. The predicted octanol–water partition coefficient (Wildman–Crippen LogP) is 11.4. The molecule has 6 heteroatoms. The van der Waals surface area contributed by atoms with Crippen LogP contribution in [0.1, 0.15) is 5.56 Å². The summed E-state index contributed by atoms with van der Waals surface area (Å²) >= 11 is 0. The third-order valence-electron chi connectivity index (χ3n) is 9.71. The van der Waals surface area contributed by atoms with Crippen LogP contribution < -0.4 is 0 Å². The van der Waals surface area contributed by atoms with E-state index >= 15 is 0 Å². The van der Waals surface area contributed by atoms with Gasteiger partial charge in [-0.2, -0.15) is 5.26 Å². The molecule has 0 spiro atoms. The summed E-state index contributed by atoms with van der Waals surface area (Å²) in [5, 5.41) is 14.0. The summed E-state index contributed by atoms with van der Waals surface area (Å²) in [6.45, 7) is 0. The number of fused-ring (bicyclic) bond motifs is 6. The third kappa shape index (κ3) is 4.84. The van der Waals surface area contributed by atoms with Gasteiger partial charge in [-0.3, -0.25) is 0 Å². The van der Waals surface area contributed by atoms with Crippen LogP contribution in [0.25, 0.3) is 94.7 Å². The second-order valence-electron chi connectivity index (χ2n) is 12.8. The van der Waals surface area contributed by atoms with Gasteiger partial charge in [0.15, 0.2) is 23.1 Å². The van der Waals surface area contributed by atoms with Gasteiger partial charge in [0.2, 0.25) is 0 Å². The molecule has 0 atom stereocenters. The Hall–Kier alpha value is -7.36. The average Bonchev–Trinajstić information content (AvgIpc) is 3.77. The Morgan fingerprint density at radius 2 is 1.00 bits per heavy atom. The normalized spacial score (nSPS) is 11.4. The van der Waals surface area contributed by atoms with E-state index in [1.54, 1.807) is 6.07 Å². The number of aromatic nitrogens is 4. The zero-order valence-corrected chi connectivity index (χ0v) is 27.7. The molecule has 52 heavy (non-hydrogen) atoms. The van der Waals surface area contributed by atoms with Gasteiger partial charge < -0.3 is 8.98 Å². The fourth-order valence-electron chi connectivity index (χ4n) is 7.21. The molecule has 0 amide bonds. The monoisotopic (exact) mass is 665 g/mol. The van der Waals surface area contributed by atoms with E-state index in [4.69, 9.17) is 19.4 Å². The molecule has 3 aromatic heterocycles. The molecule has 6 nitrogen and oxygen atoms in total. The quantitative estimate of drug-likeness (QED) is 0.183. The van der Waals surface area contributed by atoms with Gasteiger partial charge in [0.1, 0.15) is 11.7 Å². The van der Waals surface area contributed by atoms with E-state index in [2.05, 4.69) is 108 Å². The lowest BCUT2D eigenvalue weighted by Gasteiger charge is -2.11. The smallest absolute Gasteiger partial charge is 0.164 e. The summed E-state index contributed by atoms with van der Waals surface area (Å²) in [6.07, 6.45) is 0. The molecule has 0 saturated heterocycles. The van der Waals surface area contributed by atoms with Crippen LogP contribution in [-0.2, 0) is 0 Å². The second kappa shape index (κ2) is 11.9. The Bertz CT molecular complexity index is 2970. The Labute approximate surface area is 298 Å². The number of benzene rings is 7. The van der Waals surface area contributed by atoms with Crippen LogP contribution in [0.2, 0.25) is 0 Å². The van der Waals surface area contributed by atoms with Crippen molar-refractivity contribution in [2.75, 3.05) is 0 Å². The molecule has 10 rings (SSSR count). The van der Waals surface area contributed by atoms with E-state index in [9.17, 15) is 5.26 Å². The molecule has 0 saturated carbocycles. The number of nitriles is 1. The number of hydrogen-bond acceptors (Lipinski definition) is 5. The summed E-state index contributed by atoms with van der Waals surface area (Å²) in [6, 6.07) is 57.9. The lowest BCUT2D eigenvalue weighted by Crippen LogP contribution is -2.00. The first-order chi connectivity index (χ1) is 25.7. The summed E-state index contributed by atoms with van der Waals surface area (Å²) < 4.78 is 8.54. The van der Waals surface area contributed by atoms with Crippen molar-refractivity contribution in [1.82, 2.24) is 19.5 Å². The first-order valence-corrected chi connectivity index (χ1v) is 17.1. The maximum Gasteiger partial charge on any atom is 0.164 e. The summed E-state index contributed by atoms with van der Waals surface area (Å²) in [4.78, 5) is 14.8. The van der Waals surface area contributed by atoms with Crippen LogP contribution in [-0.4, -0.2) is 19.5 Å². The molecule has 0 aliphatic heterocycles. The molecule has 0 fully saturated rings. The molecule has 0 bridgehead atoms. The fraction of sp³-hybridized carbons (Fsp3) is 0. The van der Waals surface area contributed by atoms with Gasteiger partial charge in [0, 0.05) is 43.9 Å². The minimum atomic E-state index is 0.506. The molecule has 0 unspecified atom stereocenters. The minimum absolute atomic E-state index is 0.506. The van der Waals surface area contributed by atoms with Crippen molar-refractivity contribution in [2.45, 2.75) is 0 Å². The van der Waals surface area contributed by atoms with Crippen molar-refractivity contribution in [2.24, 2.45) is 0 Å². The van der Waals surface area contributed by atoms with E-state index in [1.165, 1.54) is 21.8 Å².